The fourth-order valence-corrected chi connectivity index (χ4v) is 2.51. The molecular weight excluding hydrogens is 224 g/mol. The molecule has 0 bridgehead atoms. The lowest BCUT2D eigenvalue weighted by Crippen LogP contribution is -2.46. The molecule has 0 radical (unpaired) electrons. The summed E-state index contributed by atoms with van der Waals surface area (Å²) in [6.07, 6.45) is 5.54. The summed E-state index contributed by atoms with van der Waals surface area (Å²) in [4.78, 5) is 11.4. The van der Waals surface area contributed by atoms with Crippen LogP contribution in [0.25, 0.3) is 0 Å². The minimum atomic E-state index is 0.598. The Morgan fingerprint density at radius 3 is 3.06 bits per heavy atom. The van der Waals surface area contributed by atoms with Crippen LogP contribution in [0.1, 0.15) is 37.6 Å². The molecule has 1 aromatic rings. The van der Waals surface area contributed by atoms with Crippen LogP contribution in [-0.4, -0.2) is 35.6 Å². The van der Waals surface area contributed by atoms with Crippen molar-refractivity contribution < 1.29 is 0 Å². The first-order valence-electron chi connectivity index (χ1n) is 6.99. The van der Waals surface area contributed by atoms with E-state index in [1.54, 1.807) is 0 Å². The zero-order chi connectivity index (χ0) is 13.0. The Morgan fingerprint density at radius 1 is 1.44 bits per heavy atom. The van der Waals surface area contributed by atoms with Crippen molar-refractivity contribution in [3.05, 3.63) is 17.6 Å². The van der Waals surface area contributed by atoms with Crippen molar-refractivity contribution in [1.29, 1.82) is 0 Å². The van der Waals surface area contributed by atoms with Gasteiger partial charge < -0.3 is 10.2 Å². The molecule has 2 rings (SSSR count). The van der Waals surface area contributed by atoms with E-state index >= 15 is 0 Å². The van der Waals surface area contributed by atoms with E-state index < -0.39 is 0 Å². The number of nitrogens with one attached hydrogen (secondary N) is 1. The maximum absolute atomic E-state index is 4.65. The number of hydrogen-bond acceptors (Lipinski definition) is 4. The normalized spacial score (nSPS) is 20.2. The minimum Gasteiger partial charge on any atom is -0.354 e. The Balaban J connectivity index is 2.05. The molecule has 1 aliphatic rings. The van der Waals surface area contributed by atoms with Crippen molar-refractivity contribution in [2.75, 3.05) is 24.5 Å². The summed E-state index contributed by atoms with van der Waals surface area (Å²) in [5.74, 6) is 1.07. The highest BCUT2D eigenvalue weighted by atomic mass is 15.2. The molecular formula is C14H24N4. The Bertz CT molecular complexity index is 391. The van der Waals surface area contributed by atoms with E-state index in [2.05, 4.69) is 27.1 Å². The van der Waals surface area contributed by atoms with Gasteiger partial charge in [0.2, 0.25) is 0 Å². The van der Waals surface area contributed by atoms with E-state index in [-0.39, 0.29) is 0 Å². The lowest BCUT2D eigenvalue weighted by Gasteiger charge is -2.34. The van der Waals surface area contributed by atoms with Crippen LogP contribution < -0.4 is 10.2 Å². The Morgan fingerprint density at radius 2 is 2.28 bits per heavy atom. The van der Waals surface area contributed by atoms with Gasteiger partial charge in [0.05, 0.1) is 11.4 Å². The van der Waals surface area contributed by atoms with Crippen molar-refractivity contribution in [1.82, 2.24) is 15.3 Å². The Labute approximate surface area is 110 Å². The van der Waals surface area contributed by atoms with E-state index in [4.69, 9.17) is 0 Å². The summed E-state index contributed by atoms with van der Waals surface area (Å²) in [5, 5.41) is 3.62. The van der Waals surface area contributed by atoms with Crippen LogP contribution >= 0.6 is 0 Å². The van der Waals surface area contributed by atoms with Crippen molar-refractivity contribution >= 4 is 5.82 Å². The summed E-state index contributed by atoms with van der Waals surface area (Å²) >= 11 is 0. The van der Waals surface area contributed by atoms with E-state index in [1.165, 1.54) is 19.3 Å². The smallest absolute Gasteiger partial charge is 0.150 e. The van der Waals surface area contributed by atoms with Crippen LogP contribution in [0, 0.1) is 13.8 Å². The topological polar surface area (TPSA) is 41.0 Å². The Kier molecular flexibility index (Phi) is 4.53. The van der Waals surface area contributed by atoms with Gasteiger partial charge in [-0.3, -0.25) is 4.98 Å². The van der Waals surface area contributed by atoms with Crippen LogP contribution in [-0.2, 0) is 0 Å². The van der Waals surface area contributed by atoms with E-state index in [9.17, 15) is 0 Å². The quantitative estimate of drug-likeness (QED) is 0.885. The number of rotatable bonds is 4. The molecule has 100 valence electrons. The standard InChI is InChI=1S/C14H24N4/c1-4-7-15-13-6-5-8-18(10-13)14-12(3)16-9-11(2)17-14/h9,13,15H,4-8,10H2,1-3H3. The molecule has 1 fully saturated rings. The van der Waals surface area contributed by atoms with Gasteiger partial charge in [-0.2, -0.15) is 0 Å². The predicted molar refractivity (Wildman–Crippen MR) is 75.0 cm³/mol. The molecule has 18 heavy (non-hydrogen) atoms. The van der Waals surface area contributed by atoms with E-state index in [0.717, 1.165) is 36.8 Å². The number of anilines is 1. The average Bonchev–Trinajstić information content (AvgIpc) is 2.39. The van der Waals surface area contributed by atoms with Crippen LogP contribution in [0.5, 0.6) is 0 Å². The van der Waals surface area contributed by atoms with Gasteiger partial charge in [0.25, 0.3) is 0 Å². The van der Waals surface area contributed by atoms with Gasteiger partial charge in [-0.05, 0) is 39.7 Å². The van der Waals surface area contributed by atoms with Crippen LogP contribution in [0.2, 0.25) is 0 Å². The third kappa shape index (κ3) is 3.19. The summed E-state index contributed by atoms with van der Waals surface area (Å²) in [6.45, 7) is 9.53. The highest BCUT2D eigenvalue weighted by Gasteiger charge is 2.21. The van der Waals surface area contributed by atoms with Gasteiger partial charge in [-0.1, -0.05) is 6.92 Å². The van der Waals surface area contributed by atoms with Crippen LogP contribution in [0.4, 0.5) is 5.82 Å². The third-order valence-corrected chi connectivity index (χ3v) is 3.45. The highest BCUT2D eigenvalue weighted by molar-refractivity contribution is 5.43. The highest BCUT2D eigenvalue weighted by Crippen LogP contribution is 2.20. The first-order valence-corrected chi connectivity index (χ1v) is 6.99. The second-order valence-corrected chi connectivity index (χ2v) is 5.16. The van der Waals surface area contributed by atoms with Gasteiger partial charge in [-0.15, -0.1) is 0 Å². The molecule has 2 heterocycles. The number of nitrogens with zero attached hydrogens (tertiary/aromatic N) is 3. The van der Waals surface area contributed by atoms with Crippen LogP contribution in [0.15, 0.2) is 6.20 Å². The summed E-state index contributed by atoms with van der Waals surface area (Å²) in [7, 11) is 0. The minimum absolute atomic E-state index is 0.598. The van der Waals surface area contributed by atoms with E-state index in [0.29, 0.717) is 6.04 Å². The molecule has 1 N–H and O–H groups in total. The van der Waals surface area contributed by atoms with Crippen molar-refractivity contribution in [2.45, 2.75) is 46.1 Å². The van der Waals surface area contributed by atoms with E-state index in [1.807, 2.05) is 20.0 Å². The van der Waals surface area contributed by atoms with Gasteiger partial charge in [0.15, 0.2) is 0 Å². The molecule has 1 unspecified atom stereocenters. The monoisotopic (exact) mass is 248 g/mol. The molecule has 0 aromatic carbocycles. The predicted octanol–water partition coefficient (Wildman–Crippen LogP) is 2.06. The molecule has 1 aromatic heterocycles. The second kappa shape index (κ2) is 6.14. The number of hydrogen-bond donors (Lipinski definition) is 1. The van der Waals surface area contributed by atoms with Gasteiger partial charge >= 0.3 is 0 Å². The second-order valence-electron chi connectivity index (χ2n) is 5.16. The Hall–Kier alpha value is -1.16. The third-order valence-electron chi connectivity index (χ3n) is 3.45. The molecule has 0 saturated carbocycles. The number of piperidine rings is 1. The molecule has 1 atom stereocenters. The van der Waals surface area contributed by atoms with Crippen LogP contribution in [0.3, 0.4) is 0 Å². The molecule has 1 aliphatic heterocycles. The fraction of sp³-hybridized carbons (Fsp3) is 0.714. The SMILES string of the molecule is CCCNC1CCCN(c2nc(C)cnc2C)C1. The molecule has 1 saturated heterocycles. The number of aryl methyl sites for hydroxylation is 2. The summed E-state index contributed by atoms with van der Waals surface area (Å²) in [6, 6.07) is 0.598. The molecule has 4 nitrogen and oxygen atoms in total. The van der Waals surface area contributed by atoms with Gasteiger partial charge in [-0.25, -0.2) is 4.98 Å². The molecule has 0 amide bonds. The lowest BCUT2D eigenvalue weighted by atomic mass is 10.1. The first kappa shape index (κ1) is 13.3. The lowest BCUT2D eigenvalue weighted by molar-refractivity contribution is 0.421. The maximum Gasteiger partial charge on any atom is 0.150 e. The number of aromatic nitrogens is 2. The van der Waals surface area contributed by atoms with Crippen molar-refractivity contribution in [2.24, 2.45) is 0 Å². The van der Waals surface area contributed by atoms with Gasteiger partial charge in [0, 0.05) is 25.3 Å². The average molecular weight is 248 g/mol. The molecule has 0 aliphatic carbocycles. The molecule has 0 spiro atoms. The molecule has 4 heteroatoms. The van der Waals surface area contributed by atoms with Gasteiger partial charge in [0.1, 0.15) is 5.82 Å². The van der Waals surface area contributed by atoms with Crippen molar-refractivity contribution in [3.8, 4) is 0 Å². The summed E-state index contributed by atoms with van der Waals surface area (Å²) < 4.78 is 0. The maximum atomic E-state index is 4.65. The fourth-order valence-electron chi connectivity index (χ4n) is 2.51. The zero-order valence-electron chi connectivity index (χ0n) is 11.7. The zero-order valence-corrected chi connectivity index (χ0v) is 11.7. The summed E-state index contributed by atoms with van der Waals surface area (Å²) in [5.41, 5.74) is 2.04. The van der Waals surface area contributed by atoms with Crippen molar-refractivity contribution in [3.63, 3.8) is 0 Å². The first-order chi connectivity index (χ1) is 8.70. The largest absolute Gasteiger partial charge is 0.354 e.